The second-order valence-electron chi connectivity index (χ2n) is 4.53. The summed E-state index contributed by atoms with van der Waals surface area (Å²) in [5.74, 6) is -0.395. The van der Waals surface area contributed by atoms with E-state index in [2.05, 4.69) is 6.08 Å². The Morgan fingerprint density at radius 1 is 1.24 bits per heavy atom. The van der Waals surface area contributed by atoms with Gasteiger partial charge >= 0.3 is 0 Å². The molecule has 1 unspecified atom stereocenters. The zero-order valence-electron chi connectivity index (χ0n) is 9.76. The lowest BCUT2D eigenvalue weighted by Gasteiger charge is -2.16. The average Bonchev–Trinajstić information content (AvgIpc) is 2.60. The van der Waals surface area contributed by atoms with Crippen LogP contribution in [0.3, 0.4) is 0 Å². The highest BCUT2D eigenvalue weighted by atomic mass is 35.5. The molecule has 0 radical (unpaired) electrons. The van der Waals surface area contributed by atoms with Crippen LogP contribution in [0.25, 0.3) is 0 Å². The Labute approximate surface area is 106 Å². The highest BCUT2D eigenvalue weighted by Crippen LogP contribution is 2.28. The van der Waals surface area contributed by atoms with E-state index >= 15 is 0 Å². The van der Waals surface area contributed by atoms with Crippen LogP contribution in [-0.2, 0) is 0 Å². The first kappa shape index (κ1) is 12.6. The molecule has 1 aromatic carbocycles. The smallest absolute Gasteiger partial charge is 0.142 e. The number of benzene rings is 1. The van der Waals surface area contributed by atoms with Gasteiger partial charge in [0.2, 0.25) is 0 Å². The van der Waals surface area contributed by atoms with Crippen LogP contribution in [0.15, 0.2) is 29.8 Å². The van der Waals surface area contributed by atoms with Crippen LogP contribution in [0.4, 0.5) is 4.39 Å². The summed E-state index contributed by atoms with van der Waals surface area (Å²) in [6.45, 7) is 0. The van der Waals surface area contributed by atoms with Gasteiger partial charge in [-0.15, -0.1) is 0 Å². The van der Waals surface area contributed by atoms with Gasteiger partial charge in [-0.3, -0.25) is 0 Å². The SMILES string of the molecule is NC(C1=CCCCCC1)c1ccc(Cl)c(F)c1. The molecule has 0 aliphatic heterocycles. The molecular weight excluding hydrogens is 237 g/mol. The molecule has 3 heteroatoms. The highest BCUT2D eigenvalue weighted by Gasteiger charge is 2.14. The Morgan fingerprint density at radius 3 is 2.82 bits per heavy atom. The van der Waals surface area contributed by atoms with Gasteiger partial charge in [0, 0.05) is 0 Å². The molecule has 2 rings (SSSR count). The van der Waals surface area contributed by atoms with Crippen molar-refractivity contribution in [3.8, 4) is 0 Å². The highest BCUT2D eigenvalue weighted by molar-refractivity contribution is 6.30. The first-order valence-corrected chi connectivity index (χ1v) is 6.46. The van der Waals surface area contributed by atoms with Gasteiger partial charge in [0.25, 0.3) is 0 Å². The minimum absolute atomic E-state index is 0.149. The van der Waals surface area contributed by atoms with Crippen molar-refractivity contribution in [3.63, 3.8) is 0 Å². The maximum Gasteiger partial charge on any atom is 0.142 e. The standard InChI is InChI=1S/C14H17ClFN/c15-12-8-7-11(9-13(12)16)14(17)10-5-3-1-2-4-6-10/h5,7-9,14H,1-4,6,17H2. The number of nitrogens with two attached hydrogens (primary N) is 1. The van der Waals surface area contributed by atoms with Gasteiger partial charge in [0.15, 0.2) is 0 Å². The minimum atomic E-state index is -0.395. The molecule has 1 atom stereocenters. The lowest BCUT2D eigenvalue weighted by atomic mass is 9.96. The molecule has 92 valence electrons. The topological polar surface area (TPSA) is 26.0 Å². The molecule has 1 nitrogen and oxygen atoms in total. The van der Waals surface area contributed by atoms with E-state index in [0.29, 0.717) is 0 Å². The summed E-state index contributed by atoms with van der Waals surface area (Å²) in [7, 11) is 0. The van der Waals surface area contributed by atoms with Crippen molar-refractivity contribution >= 4 is 11.6 Å². The predicted octanol–water partition coefficient (Wildman–Crippen LogP) is 4.37. The van der Waals surface area contributed by atoms with Crippen LogP contribution in [0.5, 0.6) is 0 Å². The number of rotatable bonds is 2. The summed E-state index contributed by atoms with van der Waals surface area (Å²) in [4.78, 5) is 0. The van der Waals surface area contributed by atoms with Crippen molar-refractivity contribution in [1.82, 2.24) is 0 Å². The minimum Gasteiger partial charge on any atom is -0.321 e. The monoisotopic (exact) mass is 253 g/mol. The van der Waals surface area contributed by atoms with Gasteiger partial charge < -0.3 is 5.73 Å². The predicted molar refractivity (Wildman–Crippen MR) is 69.5 cm³/mol. The number of halogens is 2. The average molecular weight is 254 g/mol. The van der Waals surface area contributed by atoms with Gasteiger partial charge in [0.1, 0.15) is 5.82 Å². The largest absolute Gasteiger partial charge is 0.321 e. The molecule has 0 amide bonds. The third-order valence-corrected chi connectivity index (χ3v) is 3.58. The summed E-state index contributed by atoms with van der Waals surface area (Å²) in [6, 6.07) is 4.63. The van der Waals surface area contributed by atoms with Gasteiger partial charge in [-0.2, -0.15) is 0 Å². The second-order valence-corrected chi connectivity index (χ2v) is 4.94. The summed E-state index contributed by atoms with van der Waals surface area (Å²) in [5.41, 5.74) is 8.21. The molecule has 0 spiro atoms. The fourth-order valence-corrected chi connectivity index (χ4v) is 2.36. The Bertz CT molecular complexity index is 428. The Balaban J connectivity index is 2.20. The van der Waals surface area contributed by atoms with E-state index in [1.807, 2.05) is 6.07 Å². The van der Waals surface area contributed by atoms with Crippen LogP contribution in [0.2, 0.25) is 5.02 Å². The lowest BCUT2D eigenvalue weighted by Crippen LogP contribution is -2.13. The van der Waals surface area contributed by atoms with Crippen LogP contribution in [0.1, 0.15) is 43.7 Å². The first-order valence-electron chi connectivity index (χ1n) is 6.08. The van der Waals surface area contributed by atoms with Crippen LogP contribution in [0, 0.1) is 5.82 Å². The maximum absolute atomic E-state index is 13.4. The molecule has 0 saturated carbocycles. The maximum atomic E-state index is 13.4. The number of allylic oxidation sites excluding steroid dienone is 1. The first-order chi connectivity index (χ1) is 8.18. The molecular formula is C14H17ClFN. The summed E-state index contributed by atoms with van der Waals surface area (Å²) >= 11 is 5.67. The van der Waals surface area contributed by atoms with E-state index in [1.165, 1.54) is 30.9 Å². The third-order valence-electron chi connectivity index (χ3n) is 3.28. The van der Waals surface area contributed by atoms with E-state index < -0.39 is 5.82 Å². The number of hydrogen-bond donors (Lipinski definition) is 1. The Morgan fingerprint density at radius 2 is 2.06 bits per heavy atom. The zero-order valence-corrected chi connectivity index (χ0v) is 10.5. The van der Waals surface area contributed by atoms with E-state index in [4.69, 9.17) is 17.3 Å². The van der Waals surface area contributed by atoms with Crippen molar-refractivity contribution in [3.05, 3.63) is 46.3 Å². The quantitative estimate of drug-likeness (QED) is 0.779. The second kappa shape index (κ2) is 5.65. The molecule has 1 aliphatic carbocycles. The fourth-order valence-electron chi connectivity index (χ4n) is 2.24. The van der Waals surface area contributed by atoms with Gasteiger partial charge in [0.05, 0.1) is 11.1 Å². The van der Waals surface area contributed by atoms with E-state index in [1.54, 1.807) is 6.07 Å². The summed E-state index contributed by atoms with van der Waals surface area (Å²) < 4.78 is 13.4. The van der Waals surface area contributed by atoms with Gasteiger partial charge in [-0.05, 0) is 43.4 Å². The molecule has 2 N–H and O–H groups in total. The molecule has 0 saturated heterocycles. The van der Waals surface area contributed by atoms with Crippen molar-refractivity contribution in [2.24, 2.45) is 5.73 Å². The van der Waals surface area contributed by atoms with Crippen molar-refractivity contribution in [2.45, 2.75) is 38.1 Å². The molecule has 1 aromatic rings. The summed E-state index contributed by atoms with van der Waals surface area (Å²) in [5, 5.41) is 0.149. The van der Waals surface area contributed by atoms with E-state index in [0.717, 1.165) is 18.4 Å². The lowest BCUT2D eigenvalue weighted by molar-refractivity contribution is 0.622. The van der Waals surface area contributed by atoms with Gasteiger partial charge in [-0.1, -0.05) is 35.7 Å². The summed E-state index contributed by atoms with van der Waals surface area (Å²) in [6.07, 6.45) is 7.97. The third kappa shape index (κ3) is 3.08. The molecule has 1 aliphatic rings. The molecule has 0 fully saturated rings. The Kier molecular flexibility index (Phi) is 4.19. The zero-order chi connectivity index (χ0) is 12.3. The van der Waals surface area contributed by atoms with Crippen molar-refractivity contribution in [1.29, 1.82) is 0 Å². The van der Waals surface area contributed by atoms with E-state index in [-0.39, 0.29) is 11.1 Å². The Hall–Kier alpha value is -0.860. The van der Waals surface area contributed by atoms with Gasteiger partial charge in [-0.25, -0.2) is 4.39 Å². The van der Waals surface area contributed by atoms with E-state index in [9.17, 15) is 4.39 Å². The molecule has 0 aromatic heterocycles. The number of hydrogen-bond acceptors (Lipinski definition) is 1. The van der Waals surface area contributed by atoms with Crippen molar-refractivity contribution in [2.75, 3.05) is 0 Å². The molecule has 0 bridgehead atoms. The van der Waals surface area contributed by atoms with Crippen LogP contribution < -0.4 is 5.73 Å². The normalized spacial score (nSPS) is 18.4. The fraction of sp³-hybridized carbons (Fsp3) is 0.429. The van der Waals surface area contributed by atoms with Crippen LogP contribution >= 0.6 is 11.6 Å². The molecule has 0 heterocycles. The molecule has 17 heavy (non-hydrogen) atoms. The van der Waals surface area contributed by atoms with Crippen LogP contribution in [-0.4, -0.2) is 0 Å². The van der Waals surface area contributed by atoms with Crippen molar-refractivity contribution < 1.29 is 4.39 Å².